The predicted octanol–water partition coefficient (Wildman–Crippen LogP) is 4.46. The molecule has 0 saturated carbocycles. The van der Waals surface area contributed by atoms with Gasteiger partial charge in [0, 0.05) is 49.3 Å². The van der Waals surface area contributed by atoms with E-state index in [1.54, 1.807) is 10.9 Å². The van der Waals surface area contributed by atoms with E-state index in [-0.39, 0.29) is 5.54 Å². The number of piperazine rings is 1. The summed E-state index contributed by atoms with van der Waals surface area (Å²) in [5.41, 5.74) is 4.57. The maximum absolute atomic E-state index is 7.82. The minimum absolute atomic E-state index is 0.175. The Morgan fingerprint density at radius 2 is 2.06 bits per heavy atom. The van der Waals surface area contributed by atoms with E-state index < -0.39 is 0 Å². The third-order valence-corrected chi connectivity index (χ3v) is 6.51. The number of allylic oxidation sites excluding steroid dienone is 1. The summed E-state index contributed by atoms with van der Waals surface area (Å²) in [7, 11) is 0. The van der Waals surface area contributed by atoms with Gasteiger partial charge in [-0.1, -0.05) is 31.5 Å². The molecule has 0 spiro atoms. The van der Waals surface area contributed by atoms with E-state index in [0.29, 0.717) is 5.02 Å². The average Bonchev–Trinajstić information content (AvgIpc) is 3.22. The van der Waals surface area contributed by atoms with Crippen LogP contribution in [-0.4, -0.2) is 65.8 Å². The van der Waals surface area contributed by atoms with Crippen LogP contribution in [0.15, 0.2) is 31.1 Å². The second-order valence-electron chi connectivity index (χ2n) is 8.61. The maximum Gasteiger partial charge on any atom is 0.0775 e. The lowest BCUT2D eigenvalue weighted by Crippen LogP contribution is -2.64. The van der Waals surface area contributed by atoms with Crippen molar-refractivity contribution in [2.24, 2.45) is 0 Å². The van der Waals surface area contributed by atoms with Crippen molar-refractivity contribution in [3.8, 4) is 0 Å². The molecule has 7 nitrogen and oxygen atoms in total. The van der Waals surface area contributed by atoms with Crippen LogP contribution in [0.5, 0.6) is 0 Å². The van der Waals surface area contributed by atoms with Crippen LogP contribution in [0.2, 0.25) is 5.02 Å². The van der Waals surface area contributed by atoms with Gasteiger partial charge in [0.1, 0.15) is 0 Å². The van der Waals surface area contributed by atoms with Gasteiger partial charge in [-0.2, -0.15) is 5.10 Å². The highest BCUT2D eigenvalue weighted by Crippen LogP contribution is 2.35. The van der Waals surface area contributed by atoms with Crippen LogP contribution in [0.4, 0.5) is 17.1 Å². The van der Waals surface area contributed by atoms with Gasteiger partial charge in [-0.05, 0) is 25.5 Å². The van der Waals surface area contributed by atoms with Gasteiger partial charge in [0.05, 0.1) is 47.5 Å². The van der Waals surface area contributed by atoms with Gasteiger partial charge in [-0.15, -0.1) is 0 Å². The molecule has 0 unspecified atom stereocenters. The van der Waals surface area contributed by atoms with Crippen molar-refractivity contribution < 1.29 is 4.74 Å². The molecule has 166 valence electrons. The molecule has 8 heteroatoms. The summed E-state index contributed by atoms with van der Waals surface area (Å²) in [6.07, 6.45) is 6.96. The predicted molar refractivity (Wildman–Crippen MR) is 128 cm³/mol. The van der Waals surface area contributed by atoms with Gasteiger partial charge in [0.25, 0.3) is 0 Å². The van der Waals surface area contributed by atoms with Crippen LogP contribution in [0.25, 0.3) is 5.70 Å². The number of anilines is 3. The Labute approximate surface area is 189 Å². The fourth-order valence-corrected chi connectivity index (χ4v) is 4.53. The molecule has 2 saturated heterocycles. The topological polar surface area (TPSA) is 69.4 Å². The average molecular weight is 443 g/mol. The zero-order valence-electron chi connectivity index (χ0n) is 18.3. The summed E-state index contributed by atoms with van der Waals surface area (Å²) >= 11 is 6.63. The summed E-state index contributed by atoms with van der Waals surface area (Å²) in [5.74, 6) is 0. The molecule has 0 atom stereocenters. The molecule has 2 aliphatic heterocycles. The second-order valence-corrected chi connectivity index (χ2v) is 9.02. The third kappa shape index (κ3) is 4.49. The van der Waals surface area contributed by atoms with Crippen molar-refractivity contribution in [1.82, 2.24) is 14.7 Å². The number of hydrogen-bond donors (Lipinski definition) is 2. The number of benzene rings is 1. The molecular formula is C23H31ClN6O. The zero-order chi connectivity index (χ0) is 22.0. The van der Waals surface area contributed by atoms with Crippen LogP contribution in [-0.2, 0) is 4.74 Å². The molecule has 31 heavy (non-hydrogen) atoms. The second kappa shape index (κ2) is 9.02. The van der Waals surface area contributed by atoms with Crippen LogP contribution >= 0.6 is 11.6 Å². The molecule has 4 rings (SSSR count). The largest absolute Gasteiger partial charge is 0.377 e. The Balaban J connectivity index is 1.51. The van der Waals surface area contributed by atoms with Crippen LogP contribution in [0.3, 0.4) is 0 Å². The van der Waals surface area contributed by atoms with E-state index >= 15 is 0 Å². The first-order chi connectivity index (χ1) is 14.9. The van der Waals surface area contributed by atoms with Crippen molar-refractivity contribution in [2.75, 3.05) is 49.6 Å². The summed E-state index contributed by atoms with van der Waals surface area (Å²) in [6, 6.07) is 3.91. The molecule has 0 bridgehead atoms. The molecule has 2 aromatic rings. The van der Waals surface area contributed by atoms with Crippen LogP contribution in [0.1, 0.15) is 32.3 Å². The Bertz CT molecular complexity index is 959. The lowest BCUT2D eigenvalue weighted by molar-refractivity contribution is -0.131. The van der Waals surface area contributed by atoms with E-state index in [0.717, 1.165) is 80.6 Å². The molecule has 2 fully saturated rings. The van der Waals surface area contributed by atoms with Crippen molar-refractivity contribution in [2.45, 2.75) is 32.2 Å². The van der Waals surface area contributed by atoms with Crippen LogP contribution in [0, 0.1) is 5.41 Å². The highest BCUT2D eigenvalue weighted by atomic mass is 35.5. The minimum Gasteiger partial charge on any atom is -0.377 e. The zero-order valence-corrected chi connectivity index (χ0v) is 19.1. The number of hydrogen-bond acceptors (Lipinski definition) is 6. The van der Waals surface area contributed by atoms with Gasteiger partial charge >= 0.3 is 0 Å². The molecule has 3 heterocycles. The number of aromatic nitrogens is 2. The molecular weight excluding hydrogens is 412 g/mol. The van der Waals surface area contributed by atoms with E-state index in [1.165, 1.54) is 6.21 Å². The van der Waals surface area contributed by atoms with E-state index in [2.05, 4.69) is 40.6 Å². The summed E-state index contributed by atoms with van der Waals surface area (Å²) in [6.45, 7) is 13.9. The van der Waals surface area contributed by atoms with E-state index in [1.807, 2.05) is 18.3 Å². The van der Waals surface area contributed by atoms with Crippen molar-refractivity contribution in [1.29, 1.82) is 5.41 Å². The molecule has 0 radical (unpaired) electrons. The SMILES string of the molecule is C=C(CCC)n1cc(Nc2cc(N3CCN(C4(C)COC4)CC3)c(Cl)cc2C=N)cn1. The smallest absolute Gasteiger partial charge is 0.0775 e. The number of nitrogens with one attached hydrogen (secondary N) is 2. The Morgan fingerprint density at radius 3 is 2.68 bits per heavy atom. The van der Waals surface area contributed by atoms with E-state index in [9.17, 15) is 0 Å². The third-order valence-electron chi connectivity index (χ3n) is 6.21. The molecule has 1 aromatic carbocycles. The number of halogens is 1. The lowest BCUT2D eigenvalue weighted by Gasteiger charge is -2.50. The quantitative estimate of drug-likeness (QED) is 0.590. The molecule has 2 aliphatic rings. The molecule has 1 aromatic heterocycles. The van der Waals surface area contributed by atoms with Crippen molar-refractivity contribution in [3.63, 3.8) is 0 Å². The van der Waals surface area contributed by atoms with Gasteiger partial charge in [-0.25, -0.2) is 4.68 Å². The van der Waals surface area contributed by atoms with Gasteiger partial charge in [0.2, 0.25) is 0 Å². The fourth-order valence-electron chi connectivity index (χ4n) is 4.23. The monoisotopic (exact) mass is 442 g/mol. The minimum atomic E-state index is 0.175. The first-order valence-corrected chi connectivity index (χ1v) is 11.2. The summed E-state index contributed by atoms with van der Waals surface area (Å²) in [5, 5.41) is 16.3. The Kier molecular flexibility index (Phi) is 6.36. The van der Waals surface area contributed by atoms with Gasteiger partial charge < -0.3 is 20.4 Å². The molecule has 0 amide bonds. The van der Waals surface area contributed by atoms with Crippen molar-refractivity contribution in [3.05, 3.63) is 41.7 Å². The summed E-state index contributed by atoms with van der Waals surface area (Å²) in [4.78, 5) is 4.84. The fraction of sp³-hybridized carbons (Fsp3) is 0.478. The highest BCUT2D eigenvalue weighted by molar-refractivity contribution is 6.33. The maximum atomic E-state index is 7.82. The van der Waals surface area contributed by atoms with E-state index in [4.69, 9.17) is 21.7 Å². The Morgan fingerprint density at radius 1 is 1.32 bits per heavy atom. The Hall–Kier alpha value is -2.35. The first kappa shape index (κ1) is 21.9. The van der Waals surface area contributed by atoms with Crippen molar-refractivity contribution >= 4 is 40.6 Å². The normalized spacial score (nSPS) is 18.5. The highest BCUT2D eigenvalue weighted by Gasteiger charge is 2.40. The standard InChI is InChI=1S/C23H31ClN6O/c1-4-5-17(2)30-14-19(13-26-30)27-21-11-22(20(24)10-18(21)12-25)28-6-8-29(9-7-28)23(3)15-31-16-23/h10-14,25,27H,2,4-9,15-16H2,1,3H3. The summed E-state index contributed by atoms with van der Waals surface area (Å²) < 4.78 is 7.23. The lowest BCUT2D eigenvalue weighted by atomic mass is 9.97. The molecule has 2 N–H and O–H groups in total. The number of nitrogens with zero attached hydrogens (tertiary/aromatic N) is 4. The number of ether oxygens (including phenoxy) is 1. The number of rotatable bonds is 8. The van der Waals surface area contributed by atoms with Crippen LogP contribution < -0.4 is 10.2 Å². The molecule has 0 aliphatic carbocycles. The first-order valence-electron chi connectivity index (χ1n) is 10.8. The van der Waals surface area contributed by atoms with Gasteiger partial charge in [-0.3, -0.25) is 4.90 Å². The van der Waals surface area contributed by atoms with Gasteiger partial charge in [0.15, 0.2) is 0 Å².